The molecule has 3 fully saturated rings. The number of benzene rings is 1. The van der Waals surface area contributed by atoms with Gasteiger partial charge in [0.1, 0.15) is 0 Å². The molecule has 2 heterocycles. The highest BCUT2D eigenvalue weighted by atomic mass is 16.6. The number of carbonyl (C=O) groups excluding carboxylic acids is 1. The smallest absolute Gasteiger partial charge is 0.307 e. The summed E-state index contributed by atoms with van der Waals surface area (Å²) in [5, 5.41) is 9.49. The number of carboxylic acid groups (broad SMARTS) is 1. The lowest BCUT2D eigenvalue weighted by molar-refractivity contribution is -0.145. The summed E-state index contributed by atoms with van der Waals surface area (Å²) in [6.45, 7) is 1.54. The summed E-state index contributed by atoms with van der Waals surface area (Å²) in [5.74, 6) is -0.481. The molecule has 0 aromatic heterocycles. The van der Waals surface area contributed by atoms with Crippen LogP contribution in [0.5, 0.6) is 0 Å². The van der Waals surface area contributed by atoms with Crippen molar-refractivity contribution in [3.63, 3.8) is 0 Å². The zero-order valence-corrected chi connectivity index (χ0v) is 13.6. The first kappa shape index (κ1) is 15.6. The maximum Gasteiger partial charge on any atom is 0.307 e. The summed E-state index contributed by atoms with van der Waals surface area (Å²) < 4.78 is 5.59. The number of nitrogens with zero attached hydrogens (tertiary/aromatic N) is 1. The Bertz CT molecular complexity index is 614. The lowest BCUT2D eigenvalue weighted by atomic mass is 9.82. The summed E-state index contributed by atoms with van der Waals surface area (Å²) in [7, 11) is 0. The van der Waals surface area contributed by atoms with Crippen LogP contribution >= 0.6 is 0 Å². The van der Waals surface area contributed by atoms with Gasteiger partial charge in [0.15, 0.2) is 0 Å². The van der Waals surface area contributed by atoms with E-state index in [1.54, 1.807) is 0 Å². The van der Waals surface area contributed by atoms with Crippen LogP contribution in [0.1, 0.15) is 24.8 Å². The zero-order chi connectivity index (χ0) is 16.7. The van der Waals surface area contributed by atoms with E-state index in [-0.39, 0.29) is 12.3 Å². The molecule has 5 atom stereocenters. The summed E-state index contributed by atoms with van der Waals surface area (Å²) >= 11 is 0. The van der Waals surface area contributed by atoms with E-state index in [1.165, 1.54) is 0 Å². The van der Waals surface area contributed by atoms with Crippen LogP contribution in [-0.4, -0.2) is 47.2 Å². The summed E-state index contributed by atoms with van der Waals surface area (Å²) in [5.41, 5.74) is 0.963. The third-order valence-corrected chi connectivity index (χ3v) is 5.78. The van der Waals surface area contributed by atoms with E-state index in [1.807, 2.05) is 35.2 Å². The van der Waals surface area contributed by atoms with Gasteiger partial charge in [0.05, 0.1) is 18.1 Å². The number of hydrogen-bond acceptors (Lipinski definition) is 3. The SMILES string of the molecule is O=C(O)[C@H](CC(=O)N1C[C@H]2C[C@@H]3O[C@H]3C[C@@H]2C1)Cc1ccccc1. The Morgan fingerprint density at radius 3 is 2.33 bits per heavy atom. The standard InChI is InChI=1S/C19H23NO4/c21-18(9-13(19(22)23)6-12-4-2-1-3-5-12)20-10-14-7-16-17(24-16)8-15(14)11-20/h1-5,13-17H,6-11H2,(H,22,23)/t13-,14+,15+,16-,17-/m0/s1. The third-order valence-electron chi connectivity index (χ3n) is 5.78. The second-order valence-corrected chi connectivity index (χ2v) is 7.43. The number of epoxide rings is 1. The molecule has 5 nitrogen and oxygen atoms in total. The normalized spacial score (nSPS) is 31.9. The van der Waals surface area contributed by atoms with Crippen molar-refractivity contribution in [2.75, 3.05) is 13.1 Å². The monoisotopic (exact) mass is 329 g/mol. The van der Waals surface area contributed by atoms with Crippen molar-refractivity contribution in [2.45, 2.75) is 37.9 Å². The van der Waals surface area contributed by atoms with E-state index in [0.29, 0.717) is 30.5 Å². The third kappa shape index (κ3) is 3.18. The molecule has 1 aromatic carbocycles. The van der Waals surface area contributed by atoms with Gasteiger partial charge in [0.25, 0.3) is 0 Å². The fourth-order valence-electron chi connectivity index (χ4n) is 4.35. The molecule has 0 bridgehead atoms. The van der Waals surface area contributed by atoms with Gasteiger partial charge in [-0.2, -0.15) is 0 Å². The van der Waals surface area contributed by atoms with Crippen molar-refractivity contribution in [3.8, 4) is 0 Å². The first-order valence-corrected chi connectivity index (χ1v) is 8.80. The molecule has 1 N–H and O–H groups in total. The molecule has 1 saturated carbocycles. The lowest BCUT2D eigenvalue weighted by Gasteiger charge is -2.19. The number of aliphatic carboxylic acids is 1. The van der Waals surface area contributed by atoms with E-state index >= 15 is 0 Å². The largest absolute Gasteiger partial charge is 0.481 e. The second-order valence-electron chi connectivity index (χ2n) is 7.43. The molecule has 5 heteroatoms. The highest BCUT2D eigenvalue weighted by Gasteiger charge is 2.51. The minimum atomic E-state index is -0.890. The summed E-state index contributed by atoms with van der Waals surface area (Å²) in [6.07, 6.45) is 3.46. The molecule has 24 heavy (non-hydrogen) atoms. The Hall–Kier alpha value is -1.88. The van der Waals surface area contributed by atoms with Crippen LogP contribution < -0.4 is 0 Å². The van der Waals surface area contributed by atoms with Crippen LogP contribution in [0.15, 0.2) is 30.3 Å². The topological polar surface area (TPSA) is 70.1 Å². The summed E-state index contributed by atoms with van der Waals surface area (Å²) in [4.78, 5) is 26.1. The molecule has 0 radical (unpaired) electrons. The molecule has 1 aromatic rings. The van der Waals surface area contributed by atoms with E-state index < -0.39 is 11.9 Å². The Labute approximate surface area is 141 Å². The van der Waals surface area contributed by atoms with Crippen LogP contribution in [0.3, 0.4) is 0 Å². The van der Waals surface area contributed by atoms with Gasteiger partial charge in [-0.05, 0) is 36.7 Å². The van der Waals surface area contributed by atoms with Crippen molar-refractivity contribution in [2.24, 2.45) is 17.8 Å². The van der Waals surface area contributed by atoms with Gasteiger partial charge in [0.2, 0.25) is 5.91 Å². The molecule has 2 saturated heterocycles. The highest BCUT2D eigenvalue weighted by molar-refractivity contribution is 5.82. The highest BCUT2D eigenvalue weighted by Crippen LogP contribution is 2.46. The molecule has 0 spiro atoms. The van der Waals surface area contributed by atoms with E-state index in [9.17, 15) is 14.7 Å². The van der Waals surface area contributed by atoms with E-state index in [0.717, 1.165) is 31.5 Å². The molecule has 128 valence electrons. The van der Waals surface area contributed by atoms with Crippen molar-refractivity contribution in [1.29, 1.82) is 0 Å². The lowest BCUT2D eigenvalue weighted by Crippen LogP contribution is -2.33. The second kappa shape index (κ2) is 6.20. The van der Waals surface area contributed by atoms with Gasteiger partial charge in [-0.25, -0.2) is 0 Å². The first-order valence-electron chi connectivity index (χ1n) is 8.80. The van der Waals surface area contributed by atoms with Gasteiger partial charge >= 0.3 is 5.97 Å². The van der Waals surface area contributed by atoms with Crippen molar-refractivity contribution < 1.29 is 19.4 Å². The van der Waals surface area contributed by atoms with Gasteiger partial charge in [-0.3, -0.25) is 9.59 Å². The minimum absolute atomic E-state index is 0.0117. The van der Waals surface area contributed by atoms with Crippen LogP contribution in [0.4, 0.5) is 0 Å². The Kier molecular flexibility index (Phi) is 4.04. The van der Waals surface area contributed by atoms with Crippen molar-refractivity contribution in [1.82, 2.24) is 4.90 Å². The number of carboxylic acids is 1. The molecule has 0 unspecified atom stereocenters. The Balaban J connectivity index is 1.36. The van der Waals surface area contributed by atoms with Gasteiger partial charge in [-0.1, -0.05) is 30.3 Å². The van der Waals surface area contributed by atoms with Gasteiger partial charge < -0.3 is 14.7 Å². The van der Waals surface area contributed by atoms with E-state index in [4.69, 9.17) is 4.74 Å². The predicted molar refractivity (Wildman–Crippen MR) is 87.3 cm³/mol. The molecule has 2 aliphatic heterocycles. The van der Waals surface area contributed by atoms with Crippen molar-refractivity contribution in [3.05, 3.63) is 35.9 Å². The molecular formula is C19H23NO4. The number of fused-ring (bicyclic) bond motifs is 2. The molecule has 1 amide bonds. The number of ether oxygens (including phenoxy) is 1. The molecular weight excluding hydrogens is 306 g/mol. The maximum atomic E-state index is 12.6. The van der Waals surface area contributed by atoms with Gasteiger partial charge in [0, 0.05) is 19.5 Å². The molecule has 3 aliphatic rings. The average molecular weight is 329 g/mol. The van der Waals surface area contributed by atoms with Crippen LogP contribution in [0.2, 0.25) is 0 Å². The van der Waals surface area contributed by atoms with Crippen LogP contribution in [0, 0.1) is 17.8 Å². The Morgan fingerprint density at radius 2 is 1.75 bits per heavy atom. The molecule has 4 rings (SSSR count). The van der Waals surface area contributed by atoms with E-state index in [2.05, 4.69) is 0 Å². The summed E-state index contributed by atoms with van der Waals surface area (Å²) in [6, 6.07) is 9.53. The fourth-order valence-corrected chi connectivity index (χ4v) is 4.35. The molecule has 1 aliphatic carbocycles. The first-order chi connectivity index (χ1) is 11.6. The maximum absolute atomic E-state index is 12.6. The Morgan fingerprint density at radius 1 is 1.12 bits per heavy atom. The van der Waals surface area contributed by atoms with Crippen LogP contribution in [0.25, 0.3) is 0 Å². The number of likely N-dealkylation sites (tertiary alicyclic amines) is 1. The van der Waals surface area contributed by atoms with Crippen molar-refractivity contribution >= 4 is 11.9 Å². The number of hydrogen-bond donors (Lipinski definition) is 1. The zero-order valence-electron chi connectivity index (χ0n) is 13.6. The fraction of sp³-hybridized carbons (Fsp3) is 0.579. The predicted octanol–water partition coefficient (Wildman–Crippen LogP) is 1.96. The number of amides is 1. The van der Waals surface area contributed by atoms with Gasteiger partial charge in [-0.15, -0.1) is 0 Å². The van der Waals surface area contributed by atoms with Crippen LogP contribution in [-0.2, 0) is 20.7 Å². The average Bonchev–Trinajstić information content (AvgIpc) is 3.19. The number of carbonyl (C=O) groups is 2. The quantitative estimate of drug-likeness (QED) is 0.838. The minimum Gasteiger partial charge on any atom is -0.481 e. The number of rotatable bonds is 5.